The van der Waals surface area contributed by atoms with E-state index in [1.54, 1.807) is 6.29 Å². The highest BCUT2D eigenvalue weighted by molar-refractivity contribution is 5.50. The van der Waals surface area contributed by atoms with Gasteiger partial charge in [0.1, 0.15) is 0 Å². The van der Waals surface area contributed by atoms with Crippen molar-refractivity contribution < 1.29 is 9.90 Å². The third-order valence-electron chi connectivity index (χ3n) is 2.47. The maximum Gasteiger partial charge on any atom is 0.198 e. The first-order valence-electron chi connectivity index (χ1n) is 5.84. The van der Waals surface area contributed by atoms with E-state index in [1.165, 1.54) is 32.1 Å². The Morgan fingerprint density at radius 3 is 2.36 bits per heavy atom. The van der Waals surface area contributed by atoms with E-state index in [9.17, 15) is 9.90 Å². The molecule has 2 heteroatoms. The van der Waals surface area contributed by atoms with E-state index < -0.39 is 0 Å². The Morgan fingerprint density at radius 1 is 1.07 bits per heavy atom. The van der Waals surface area contributed by atoms with Crippen molar-refractivity contribution in [3.05, 3.63) is 0 Å². The molecule has 14 heavy (non-hydrogen) atoms. The minimum atomic E-state index is -0.289. The van der Waals surface area contributed by atoms with Crippen LogP contribution in [0.15, 0.2) is 0 Å². The van der Waals surface area contributed by atoms with Gasteiger partial charge in [0.05, 0.1) is 6.10 Å². The molecule has 0 fully saturated rings. The monoisotopic (exact) mass is 199 g/mol. The molecule has 0 amide bonds. The standard InChI is InChI=1S/C12H23O2/c1-2-3-4-5-6-7-9-12(14)10-8-11-13/h12,14H,2-10H2,1H3. The average molecular weight is 199 g/mol. The van der Waals surface area contributed by atoms with Crippen molar-refractivity contribution in [3.63, 3.8) is 0 Å². The van der Waals surface area contributed by atoms with Crippen LogP contribution in [0.2, 0.25) is 0 Å². The van der Waals surface area contributed by atoms with Crippen LogP contribution in [0.1, 0.15) is 64.7 Å². The summed E-state index contributed by atoms with van der Waals surface area (Å²) in [5.74, 6) is 0. The van der Waals surface area contributed by atoms with Crippen LogP contribution in [-0.4, -0.2) is 17.5 Å². The number of aliphatic hydroxyl groups excluding tert-OH is 1. The molecule has 83 valence electrons. The molecule has 0 aliphatic heterocycles. The molecule has 1 radical (unpaired) electrons. The Bertz CT molecular complexity index is 123. The summed E-state index contributed by atoms with van der Waals surface area (Å²) >= 11 is 0. The van der Waals surface area contributed by atoms with E-state index >= 15 is 0 Å². The third-order valence-corrected chi connectivity index (χ3v) is 2.47. The molecule has 0 aromatic rings. The van der Waals surface area contributed by atoms with Crippen LogP contribution >= 0.6 is 0 Å². The Morgan fingerprint density at radius 2 is 1.71 bits per heavy atom. The second-order valence-electron chi connectivity index (χ2n) is 3.89. The third kappa shape index (κ3) is 9.72. The van der Waals surface area contributed by atoms with Crippen LogP contribution in [0, 0.1) is 0 Å². The quantitative estimate of drug-likeness (QED) is 0.549. The van der Waals surface area contributed by atoms with Crippen LogP contribution < -0.4 is 0 Å². The number of unbranched alkanes of at least 4 members (excludes halogenated alkanes) is 5. The molecule has 1 atom stereocenters. The van der Waals surface area contributed by atoms with Gasteiger partial charge in [0.25, 0.3) is 0 Å². The Labute approximate surface area is 87.7 Å². The van der Waals surface area contributed by atoms with Gasteiger partial charge in [0, 0.05) is 6.42 Å². The van der Waals surface area contributed by atoms with E-state index in [2.05, 4.69) is 6.92 Å². The lowest BCUT2D eigenvalue weighted by Crippen LogP contribution is -2.06. The molecule has 0 spiro atoms. The second-order valence-corrected chi connectivity index (χ2v) is 3.89. The highest BCUT2D eigenvalue weighted by atomic mass is 16.3. The first kappa shape index (κ1) is 13.6. The summed E-state index contributed by atoms with van der Waals surface area (Å²) in [6.07, 6.45) is 10.8. The van der Waals surface area contributed by atoms with Gasteiger partial charge < -0.3 is 5.11 Å². The Kier molecular flexibility index (Phi) is 10.4. The SMILES string of the molecule is CCCCCCCCC(O)CC[C]=O. The van der Waals surface area contributed by atoms with Gasteiger partial charge in [-0.2, -0.15) is 0 Å². The van der Waals surface area contributed by atoms with Crippen LogP contribution in [0.4, 0.5) is 0 Å². The molecule has 2 nitrogen and oxygen atoms in total. The van der Waals surface area contributed by atoms with Gasteiger partial charge in [-0.25, -0.2) is 0 Å². The highest BCUT2D eigenvalue weighted by Gasteiger charge is 2.02. The molecule has 0 aliphatic carbocycles. The van der Waals surface area contributed by atoms with E-state index in [0.29, 0.717) is 12.8 Å². The maximum absolute atomic E-state index is 9.92. The van der Waals surface area contributed by atoms with Crippen molar-refractivity contribution in [1.29, 1.82) is 0 Å². The fourth-order valence-corrected chi connectivity index (χ4v) is 1.53. The Hall–Kier alpha value is -0.370. The van der Waals surface area contributed by atoms with Gasteiger partial charge in [-0.3, -0.25) is 4.79 Å². The van der Waals surface area contributed by atoms with Gasteiger partial charge in [-0.15, -0.1) is 0 Å². The van der Waals surface area contributed by atoms with Gasteiger partial charge >= 0.3 is 0 Å². The lowest BCUT2D eigenvalue weighted by atomic mass is 10.0. The second kappa shape index (κ2) is 10.7. The summed E-state index contributed by atoms with van der Waals surface area (Å²) < 4.78 is 0. The molecule has 0 rings (SSSR count). The molecule has 0 aromatic heterocycles. The predicted molar refractivity (Wildman–Crippen MR) is 58.9 cm³/mol. The smallest absolute Gasteiger partial charge is 0.198 e. The molecular formula is C12H23O2. The topological polar surface area (TPSA) is 37.3 Å². The summed E-state index contributed by atoms with van der Waals surface area (Å²) in [5.41, 5.74) is 0. The molecule has 0 aromatic carbocycles. The number of rotatable bonds is 10. The minimum absolute atomic E-state index is 0.289. The first-order chi connectivity index (χ1) is 6.81. The van der Waals surface area contributed by atoms with Crippen molar-refractivity contribution in [1.82, 2.24) is 0 Å². The van der Waals surface area contributed by atoms with Gasteiger partial charge in [0.15, 0.2) is 6.29 Å². The van der Waals surface area contributed by atoms with Crippen LogP contribution in [0.3, 0.4) is 0 Å². The van der Waals surface area contributed by atoms with Crippen LogP contribution in [-0.2, 0) is 4.79 Å². The summed E-state index contributed by atoms with van der Waals surface area (Å²) in [6, 6.07) is 0. The molecule has 0 aliphatic rings. The van der Waals surface area contributed by atoms with E-state index in [4.69, 9.17) is 0 Å². The normalized spacial score (nSPS) is 12.7. The van der Waals surface area contributed by atoms with Crippen molar-refractivity contribution in [2.75, 3.05) is 0 Å². The zero-order valence-corrected chi connectivity index (χ0v) is 9.30. The first-order valence-corrected chi connectivity index (χ1v) is 5.84. The fourth-order valence-electron chi connectivity index (χ4n) is 1.53. The lowest BCUT2D eigenvalue weighted by Gasteiger charge is -2.07. The largest absolute Gasteiger partial charge is 0.393 e. The molecule has 1 unspecified atom stereocenters. The van der Waals surface area contributed by atoms with E-state index in [0.717, 1.165) is 12.8 Å². The van der Waals surface area contributed by atoms with Gasteiger partial charge in [-0.1, -0.05) is 45.4 Å². The van der Waals surface area contributed by atoms with Gasteiger partial charge in [-0.05, 0) is 12.8 Å². The van der Waals surface area contributed by atoms with Crippen molar-refractivity contribution in [2.45, 2.75) is 70.8 Å². The molecule has 1 N–H and O–H groups in total. The summed E-state index contributed by atoms with van der Waals surface area (Å²) in [6.45, 7) is 2.21. The maximum atomic E-state index is 9.92. The fraction of sp³-hybridized carbons (Fsp3) is 0.917. The van der Waals surface area contributed by atoms with Gasteiger partial charge in [0.2, 0.25) is 0 Å². The zero-order chi connectivity index (χ0) is 10.6. The van der Waals surface area contributed by atoms with Crippen molar-refractivity contribution >= 4 is 6.29 Å². The molecule has 0 saturated carbocycles. The molecular weight excluding hydrogens is 176 g/mol. The minimum Gasteiger partial charge on any atom is -0.393 e. The zero-order valence-electron chi connectivity index (χ0n) is 9.30. The molecule has 0 bridgehead atoms. The Balaban J connectivity index is 3.06. The number of hydrogen-bond acceptors (Lipinski definition) is 2. The highest BCUT2D eigenvalue weighted by Crippen LogP contribution is 2.10. The van der Waals surface area contributed by atoms with Crippen molar-refractivity contribution in [2.24, 2.45) is 0 Å². The van der Waals surface area contributed by atoms with Crippen molar-refractivity contribution in [3.8, 4) is 0 Å². The van der Waals surface area contributed by atoms with Crippen LogP contribution in [0.25, 0.3) is 0 Å². The number of hydrogen-bond donors (Lipinski definition) is 1. The lowest BCUT2D eigenvalue weighted by molar-refractivity contribution is 0.153. The van der Waals surface area contributed by atoms with Crippen LogP contribution in [0.5, 0.6) is 0 Å². The summed E-state index contributed by atoms with van der Waals surface area (Å²) in [7, 11) is 0. The molecule has 0 saturated heterocycles. The summed E-state index contributed by atoms with van der Waals surface area (Å²) in [5, 5.41) is 9.40. The number of aliphatic hydroxyl groups is 1. The predicted octanol–water partition coefficient (Wildman–Crippen LogP) is 2.99. The van der Waals surface area contributed by atoms with E-state index in [1.807, 2.05) is 0 Å². The average Bonchev–Trinajstić information content (AvgIpc) is 2.20. The summed E-state index contributed by atoms with van der Waals surface area (Å²) in [4.78, 5) is 9.92. The molecule has 0 heterocycles. The number of carbonyl (C=O) groups excluding carboxylic acids is 1. The van der Waals surface area contributed by atoms with E-state index in [-0.39, 0.29) is 6.10 Å².